The summed E-state index contributed by atoms with van der Waals surface area (Å²) in [5, 5.41) is 2.91. The van der Waals surface area contributed by atoms with Crippen molar-refractivity contribution in [1.82, 2.24) is 14.0 Å². The molecule has 0 radical (unpaired) electrons. The van der Waals surface area contributed by atoms with E-state index >= 15 is 0 Å². The molecule has 2 amide bonds. The summed E-state index contributed by atoms with van der Waals surface area (Å²) in [6, 6.07) is 4.95. The average Bonchev–Trinajstić information content (AvgIpc) is 3.15. The third-order valence-corrected chi connectivity index (χ3v) is 6.79. The molecule has 2 saturated heterocycles. The molecule has 3 heterocycles. The Kier molecular flexibility index (Phi) is 3.50. The third-order valence-electron chi connectivity index (χ3n) is 5.29. The van der Waals surface area contributed by atoms with Gasteiger partial charge in [-0.15, -0.1) is 11.8 Å². The Balaban J connectivity index is 1.61. The minimum absolute atomic E-state index is 0.0496. The molecule has 2 atom stereocenters. The second kappa shape index (κ2) is 5.39. The molecule has 1 aromatic heterocycles. The Morgan fingerprint density at radius 2 is 1.96 bits per heavy atom. The molecule has 7 nitrogen and oxygen atoms in total. The second-order valence-electron chi connectivity index (χ2n) is 6.86. The van der Waals surface area contributed by atoms with Crippen molar-refractivity contribution >= 4 is 40.3 Å². The van der Waals surface area contributed by atoms with Crippen LogP contribution in [0.25, 0.3) is 11.0 Å². The van der Waals surface area contributed by atoms with Gasteiger partial charge in [0.15, 0.2) is 0 Å². The first-order valence-electron chi connectivity index (χ1n) is 8.24. The molecular formula is C17H20N4O3S. The first kappa shape index (κ1) is 16.3. The monoisotopic (exact) mass is 360 g/mol. The van der Waals surface area contributed by atoms with Crippen LogP contribution in [-0.2, 0) is 23.7 Å². The highest BCUT2D eigenvalue weighted by Gasteiger charge is 2.52. The van der Waals surface area contributed by atoms with Crippen molar-refractivity contribution in [2.45, 2.75) is 30.7 Å². The summed E-state index contributed by atoms with van der Waals surface area (Å²) in [6.45, 7) is 2.03. The Labute approximate surface area is 149 Å². The van der Waals surface area contributed by atoms with Crippen LogP contribution in [-0.4, -0.2) is 42.5 Å². The van der Waals surface area contributed by atoms with Gasteiger partial charge in [-0.1, -0.05) is 0 Å². The predicted molar refractivity (Wildman–Crippen MR) is 97.5 cm³/mol. The number of carbonyl (C=O) groups is 2. The van der Waals surface area contributed by atoms with Gasteiger partial charge in [0.05, 0.1) is 15.9 Å². The number of amides is 2. The molecule has 1 N–H and O–H groups in total. The van der Waals surface area contributed by atoms with E-state index < -0.39 is 6.04 Å². The van der Waals surface area contributed by atoms with E-state index in [2.05, 4.69) is 5.32 Å². The largest absolute Gasteiger partial charge is 0.328 e. The smallest absolute Gasteiger partial charge is 0.324 e. The summed E-state index contributed by atoms with van der Waals surface area (Å²) < 4.78 is 3.13. The van der Waals surface area contributed by atoms with Crippen LogP contribution in [0.4, 0.5) is 5.69 Å². The normalized spacial score (nSPS) is 25.6. The standard InChI is InChI=1S/C17H20N4O3S/c1-17-7-6-14(22)21(17)13(9-25-17)15(23)18-10-4-5-11-12(8-10)20(3)16(24)19(11)2/h4-5,8,13H,6-7,9H2,1-3H3,(H,18,23). The maximum Gasteiger partial charge on any atom is 0.328 e. The fourth-order valence-corrected chi connectivity index (χ4v) is 5.26. The molecule has 2 aliphatic heterocycles. The fraction of sp³-hybridized carbons (Fsp3) is 0.471. The molecule has 4 rings (SSSR count). The van der Waals surface area contributed by atoms with E-state index in [9.17, 15) is 14.4 Å². The number of thioether (sulfide) groups is 1. The molecule has 0 spiro atoms. The summed E-state index contributed by atoms with van der Waals surface area (Å²) >= 11 is 1.67. The number of aryl methyl sites for hydroxylation is 2. The number of imidazole rings is 1. The van der Waals surface area contributed by atoms with Gasteiger partial charge in [0.1, 0.15) is 6.04 Å². The predicted octanol–water partition coefficient (Wildman–Crippen LogP) is 1.27. The van der Waals surface area contributed by atoms with Gasteiger partial charge in [-0.2, -0.15) is 0 Å². The van der Waals surface area contributed by atoms with Crippen LogP contribution in [0.15, 0.2) is 23.0 Å². The molecule has 1 aromatic carbocycles. The molecule has 2 aromatic rings. The van der Waals surface area contributed by atoms with Crippen molar-refractivity contribution in [3.8, 4) is 0 Å². The van der Waals surface area contributed by atoms with Gasteiger partial charge < -0.3 is 10.2 Å². The minimum atomic E-state index is -0.444. The van der Waals surface area contributed by atoms with Crippen molar-refractivity contribution in [3.05, 3.63) is 28.7 Å². The molecule has 2 aliphatic rings. The number of benzene rings is 1. The van der Waals surface area contributed by atoms with Crippen LogP contribution in [0.2, 0.25) is 0 Å². The molecule has 25 heavy (non-hydrogen) atoms. The number of hydrogen-bond acceptors (Lipinski definition) is 4. The maximum atomic E-state index is 12.7. The first-order chi connectivity index (χ1) is 11.8. The van der Waals surface area contributed by atoms with Gasteiger partial charge in [-0.25, -0.2) is 4.79 Å². The van der Waals surface area contributed by atoms with E-state index in [4.69, 9.17) is 0 Å². The van der Waals surface area contributed by atoms with Crippen molar-refractivity contribution in [2.75, 3.05) is 11.1 Å². The highest BCUT2D eigenvalue weighted by Crippen LogP contribution is 2.47. The van der Waals surface area contributed by atoms with E-state index in [1.54, 1.807) is 52.0 Å². The Bertz CT molecular complexity index is 963. The van der Waals surface area contributed by atoms with Gasteiger partial charge in [0, 0.05) is 32.0 Å². The zero-order chi connectivity index (χ0) is 17.9. The minimum Gasteiger partial charge on any atom is -0.324 e. The number of anilines is 1. The molecule has 2 fully saturated rings. The molecule has 8 heteroatoms. The van der Waals surface area contributed by atoms with Crippen molar-refractivity contribution in [3.63, 3.8) is 0 Å². The van der Waals surface area contributed by atoms with Crippen LogP contribution >= 0.6 is 11.8 Å². The van der Waals surface area contributed by atoms with Gasteiger partial charge in [0.25, 0.3) is 0 Å². The summed E-state index contributed by atoms with van der Waals surface area (Å²) in [6.07, 6.45) is 1.30. The van der Waals surface area contributed by atoms with Crippen molar-refractivity contribution in [2.24, 2.45) is 14.1 Å². The lowest BCUT2D eigenvalue weighted by Gasteiger charge is -2.29. The highest BCUT2D eigenvalue weighted by molar-refractivity contribution is 8.01. The number of rotatable bonds is 2. The fourth-order valence-electron chi connectivity index (χ4n) is 3.82. The third kappa shape index (κ3) is 2.31. The van der Waals surface area contributed by atoms with E-state index in [1.165, 1.54) is 0 Å². The number of nitrogens with zero attached hydrogens (tertiary/aromatic N) is 3. The topological polar surface area (TPSA) is 76.3 Å². The van der Waals surface area contributed by atoms with Crippen LogP contribution in [0.1, 0.15) is 19.8 Å². The number of aromatic nitrogens is 2. The zero-order valence-corrected chi connectivity index (χ0v) is 15.2. The van der Waals surface area contributed by atoms with Crippen molar-refractivity contribution in [1.29, 1.82) is 0 Å². The summed E-state index contributed by atoms with van der Waals surface area (Å²) in [5.41, 5.74) is 2.09. The molecule has 132 valence electrons. The lowest BCUT2D eigenvalue weighted by atomic mass is 10.2. The molecule has 0 bridgehead atoms. The van der Waals surface area contributed by atoms with E-state index in [-0.39, 0.29) is 22.4 Å². The Morgan fingerprint density at radius 1 is 1.24 bits per heavy atom. The molecule has 0 saturated carbocycles. The van der Waals surface area contributed by atoms with Gasteiger partial charge in [0.2, 0.25) is 11.8 Å². The summed E-state index contributed by atoms with van der Waals surface area (Å²) in [5.74, 6) is 0.487. The number of nitrogens with one attached hydrogen (secondary N) is 1. The highest BCUT2D eigenvalue weighted by atomic mass is 32.2. The summed E-state index contributed by atoms with van der Waals surface area (Å²) in [4.78, 5) is 38.4. The first-order valence-corrected chi connectivity index (χ1v) is 9.23. The molecule has 2 unspecified atom stereocenters. The van der Waals surface area contributed by atoms with Crippen LogP contribution in [0.3, 0.4) is 0 Å². The lowest BCUT2D eigenvalue weighted by Crippen LogP contribution is -2.48. The lowest BCUT2D eigenvalue weighted by molar-refractivity contribution is -0.135. The summed E-state index contributed by atoms with van der Waals surface area (Å²) in [7, 11) is 3.43. The van der Waals surface area contributed by atoms with Crippen LogP contribution in [0.5, 0.6) is 0 Å². The van der Waals surface area contributed by atoms with Crippen LogP contribution in [0, 0.1) is 0 Å². The number of hydrogen-bond donors (Lipinski definition) is 1. The van der Waals surface area contributed by atoms with Crippen molar-refractivity contribution < 1.29 is 9.59 Å². The molecule has 0 aliphatic carbocycles. The Hall–Kier alpha value is -2.22. The van der Waals surface area contributed by atoms with Gasteiger partial charge in [-0.05, 0) is 31.5 Å². The van der Waals surface area contributed by atoms with Gasteiger partial charge >= 0.3 is 5.69 Å². The second-order valence-corrected chi connectivity index (χ2v) is 8.36. The van der Waals surface area contributed by atoms with E-state index in [1.807, 2.05) is 13.0 Å². The zero-order valence-electron chi connectivity index (χ0n) is 14.4. The average molecular weight is 360 g/mol. The molecular weight excluding hydrogens is 340 g/mol. The van der Waals surface area contributed by atoms with Crippen LogP contribution < -0.4 is 11.0 Å². The SMILES string of the molecule is Cn1c(=O)n(C)c2cc(NC(=O)C3CSC4(C)CCC(=O)N34)ccc21. The quantitative estimate of drug-likeness (QED) is 0.875. The van der Waals surface area contributed by atoms with E-state index in [0.717, 1.165) is 17.5 Å². The Morgan fingerprint density at radius 3 is 2.72 bits per heavy atom. The number of fused-ring (bicyclic) bond motifs is 2. The van der Waals surface area contributed by atoms with Gasteiger partial charge in [-0.3, -0.25) is 18.7 Å². The van der Waals surface area contributed by atoms with E-state index in [0.29, 0.717) is 17.9 Å². The maximum absolute atomic E-state index is 12.7. The number of carbonyl (C=O) groups excluding carboxylic acids is 2.